The third kappa shape index (κ3) is 25.9. The molecular formula is C66H105N20O27S3+. The number of carbonyl (C=O) groups excluding carboxylic acids is 9. The first kappa shape index (κ1) is 95.0. The van der Waals surface area contributed by atoms with Crippen LogP contribution in [-0.4, -0.2) is 331 Å². The van der Waals surface area contributed by atoms with Gasteiger partial charge >= 0.3 is 6.09 Å². The van der Waals surface area contributed by atoms with E-state index in [9.17, 15) is 89.7 Å². The Bertz CT molecular complexity index is 3920. The number of primary amides is 3. The molecule has 0 aliphatic carbocycles. The van der Waals surface area contributed by atoms with E-state index >= 15 is 9.59 Å². The van der Waals surface area contributed by atoms with Crippen LogP contribution in [0.3, 0.4) is 0 Å². The predicted octanol–water partition coefficient (Wildman–Crippen LogP) is -10.7. The number of aliphatic hydroxyl groups is 11. The van der Waals surface area contributed by atoms with Crippen molar-refractivity contribution < 1.29 is 132 Å². The molecule has 4 aromatic rings. The molecule has 0 bridgehead atoms. The Hall–Kier alpha value is -8.11. The number of aromatic amines is 1. The van der Waals surface area contributed by atoms with E-state index in [-0.39, 0.29) is 62.4 Å². The van der Waals surface area contributed by atoms with Crippen LogP contribution in [0.25, 0.3) is 10.7 Å². The van der Waals surface area contributed by atoms with E-state index in [1.807, 2.05) is 0 Å². The van der Waals surface area contributed by atoms with Crippen molar-refractivity contribution in [3.63, 3.8) is 0 Å². The average Bonchev–Trinajstić information content (AvgIpc) is 1.65. The number of thiazole rings is 2. The summed E-state index contributed by atoms with van der Waals surface area (Å²) in [4.78, 5) is 145. The summed E-state index contributed by atoms with van der Waals surface area (Å²) in [6.45, 7) is 3.20. The molecule has 3 aliphatic rings. The van der Waals surface area contributed by atoms with Crippen LogP contribution in [0.4, 0.5) is 10.6 Å². The molecule has 7 rings (SSSR count). The van der Waals surface area contributed by atoms with Crippen molar-refractivity contribution >= 4 is 92.7 Å². The fourth-order valence-corrected chi connectivity index (χ4v) is 14.4. The molecule has 0 radical (unpaired) electrons. The van der Waals surface area contributed by atoms with E-state index in [4.69, 9.17) is 73.3 Å². The van der Waals surface area contributed by atoms with Gasteiger partial charge in [0.25, 0.3) is 11.8 Å². The smallest absolute Gasteiger partial charge is 0.404 e. The number of aromatic nitrogens is 6. The average molecular weight is 1710 g/mol. The first-order valence-corrected chi connectivity index (χ1v) is 40.4. The molecule has 3 fully saturated rings. The monoisotopic (exact) mass is 1710 g/mol. The maximum Gasteiger partial charge on any atom is 0.404 e. The number of anilines is 1. The molecule has 9 amide bonds. The van der Waals surface area contributed by atoms with Gasteiger partial charge in [-0.05, 0) is 51.4 Å². The zero-order valence-corrected chi connectivity index (χ0v) is 66.2. The number of nitrogens with zero attached hydrogens (tertiary/aromatic N) is 5. The molecular weight excluding hydrogens is 1600 g/mol. The van der Waals surface area contributed by atoms with E-state index in [0.29, 0.717) is 19.4 Å². The van der Waals surface area contributed by atoms with Crippen LogP contribution in [0.15, 0.2) is 23.3 Å². The maximum absolute atomic E-state index is 15.3. The van der Waals surface area contributed by atoms with E-state index in [1.54, 1.807) is 0 Å². The van der Waals surface area contributed by atoms with Gasteiger partial charge in [0.05, 0.1) is 92.8 Å². The SMILES string of the molecule is Cc1c(N)nc(C(CC(N)=O)NCC(N)C(N)=O)nc1C(=O)NC(C(=O)NC(C)C(O)CC(=O)NC(C(=O)NC(OC1OC(C)C(N)C(O)C1O)C(O)c1nc(-c2nc(C(=O)NCCCC(N)CC(=O)NCCC[S+](C)C)cs2)cs1)C(C)O)C(OC1OC(CO)C(O)C(O)C1OC1OC(CO)C(O)C(OC(N)=O)C1O)c1cnc[nH]1. The number of hydrogen-bond donors (Lipinski definition) is 26. The summed E-state index contributed by atoms with van der Waals surface area (Å²) in [6.07, 6.45) is -31.9. The number of carbonyl (C=O) groups is 9. The van der Waals surface area contributed by atoms with Gasteiger partial charge in [-0.15, -0.1) is 22.7 Å². The first-order chi connectivity index (χ1) is 54.7. The van der Waals surface area contributed by atoms with Crippen molar-refractivity contribution in [1.29, 1.82) is 0 Å². The molecule has 0 spiro atoms. The van der Waals surface area contributed by atoms with Crippen molar-refractivity contribution in [2.75, 3.05) is 56.8 Å². The molecule has 26 atom stereocenters. The topological polar surface area (TPSA) is 787 Å². The van der Waals surface area contributed by atoms with Gasteiger partial charge in [-0.2, -0.15) is 0 Å². The zero-order valence-electron chi connectivity index (χ0n) is 63.8. The largest absolute Gasteiger partial charge is 0.441 e. The summed E-state index contributed by atoms with van der Waals surface area (Å²) in [7, 11) is 0.263. The number of H-pyrrole nitrogens is 1. The minimum Gasteiger partial charge on any atom is -0.441 e. The third-order valence-corrected chi connectivity index (χ3v) is 21.6. The number of imidazole rings is 1. The minimum atomic E-state index is -2.27. The van der Waals surface area contributed by atoms with Crippen LogP contribution >= 0.6 is 22.7 Å². The summed E-state index contributed by atoms with van der Waals surface area (Å²) in [5, 5.41) is 144. The summed E-state index contributed by atoms with van der Waals surface area (Å²) in [6, 6.07) is -10.2. The van der Waals surface area contributed by atoms with Crippen LogP contribution < -0.4 is 77.4 Å². The highest BCUT2D eigenvalue weighted by Gasteiger charge is 2.54. The van der Waals surface area contributed by atoms with E-state index in [0.717, 1.165) is 61.2 Å². The van der Waals surface area contributed by atoms with Crippen LogP contribution in [0, 0.1) is 6.92 Å². The molecule has 0 saturated carbocycles. The molecule has 3 saturated heterocycles. The number of hydrogen-bond acceptors (Lipinski definition) is 39. The lowest BCUT2D eigenvalue weighted by atomic mass is 9.97. The van der Waals surface area contributed by atoms with Crippen molar-refractivity contribution in [3.05, 3.63) is 56.8 Å². The van der Waals surface area contributed by atoms with Gasteiger partial charge < -0.3 is 172 Å². The van der Waals surface area contributed by atoms with Gasteiger partial charge in [0.1, 0.15) is 118 Å². The summed E-state index contributed by atoms with van der Waals surface area (Å²) in [5.74, 6) is -7.58. The fourth-order valence-electron chi connectivity index (χ4n) is 12.0. The van der Waals surface area contributed by atoms with Crippen LogP contribution in [0.5, 0.6) is 0 Å². The molecule has 0 aromatic carbocycles. The van der Waals surface area contributed by atoms with Gasteiger partial charge in [-0.1, -0.05) is 0 Å². The van der Waals surface area contributed by atoms with Gasteiger partial charge in [0, 0.05) is 61.3 Å². The number of nitrogen functional groups attached to an aromatic ring is 1. The Balaban J connectivity index is 1.13. The third-order valence-electron chi connectivity index (χ3n) is 18.7. The highest BCUT2D eigenvalue weighted by atomic mass is 32.2. The van der Waals surface area contributed by atoms with Crippen molar-refractivity contribution in [2.45, 2.75) is 225 Å². The molecule has 3 aliphatic heterocycles. The fraction of sp³-hybridized carbons (Fsp3) is 0.667. The first-order valence-electron chi connectivity index (χ1n) is 36.4. The standard InChI is InChI=1S/C66H104N20O27S3/c1-23-40(83-55(85-53(23)71)29(14-36(69)91)77-16-28(68)54(72)101)57(103)84-42(50(30-17-74-22-78-30)110-65-52(46(97)43(94)34(18-87)109-65)111-64-48(99)51(112-66(73)106)44(95)35(19-88)108-64)59(105)79-24(2)33(90)15-38(93)82-41(25(3)89)58(104)86-60(113-63-47(98)45(96)39(70)26(4)107-63)49(100)62-81-32(21-115-62)61-80-31(20-114-61)56(102)76-10-7-9-27(67)13-37(92)75-11-8-12-116(5)6/h17,20-22,24-29,33-35,39,41-52,60,63-65,77,87-90,94-100H,7-16,18-19,67-68,70H2,1-6H3,(H14-,69,71,72,73,74,75,76,78,79,82,83,84,85,86,91,92,93,101,102,103,104,105,106)/p+1. The number of amides is 9. The number of aliphatic hydroxyl groups excluding tert-OH is 11. The Morgan fingerprint density at radius 1 is 0.707 bits per heavy atom. The zero-order chi connectivity index (χ0) is 85.9. The van der Waals surface area contributed by atoms with Gasteiger partial charge in [-0.3, -0.25) is 38.4 Å². The lowest BCUT2D eigenvalue weighted by Crippen LogP contribution is -2.65. The van der Waals surface area contributed by atoms with Crippen molar-refractivity contribution in [3.8, 4) is 10.7 Å². The van der Waals surface area contributed by atoms with Crippen LogP contribution in [0.1, 0.15) is 121 Å². The van der Waals surface area contributed by atoms with Gasteiger partial charge in [0.15, 0.2) is 37.3 Å². The molecule has 7 heterocycles. The Morgan fingerprint density at radius 2 is 1.38 bits per heavy atom. The van der Waals surface area contributed by atoms with Gasteiger partial charge in [-0.25, -0.2) is 29.7 Å². The van der Waals surface area contributed by atoms with E-state index < -0.39 is 256 Å². The number of rotatable bonds is 43. The Morgan fingerprint density at radius 3 is 2.02 bits per heavy atom. The maximum atomic E-state index is 15.3. The highest BCUT2D eigenvalue weighted by molar-refractivity contribution is 7.95. The molecule has 50 heteroatoms. The van der Waals surface area contributed by atoms with Crippen molar-refractivity contribution in [1.82, 2.24) is 67.1 Å². The van der Waals surface area contributed by atoms with Crippen LogP contribution in [0.2, 0.25) is 0 Å². The summed E-state index contributed by atoms with van der Waals surface area (Å²) in [5.41, 5.74) is 39.6. The molecule has 4 aromatic heterocycles. The van der Waals surface area contributed by atoms with Crippen LogP contribution in [-0.2, 0) is 72.8 Å². The highest BCUT2D eigenvalue weighted by Crippen LogP contribution is 2.36. The molecule has 33 N–H and O–H groups in total. The quantitative estimate of drug-likeness (QED) is 0.0111. The molecule has 116 heavy (non-hydrogen) atoms. The summed E-state index contributed by atoms with van der Waals surface area (Å²) < 4.78 is 40.4. The second-order valence-electron chi connectivity index (χ2n) is 28.0. The minimum absolute atomic E-state index is 0.0171. The second-order valence-corrected chi connectivity index (χ2v) is 32.1. The van der Waals surface area contributed by atoms with Crippen molar-refractivity contribution in [2.24, 2.45) is 34.4 Å². The van der Waals surface area contributed by atoms with E-state index in [1.165, 1.54) is 24.6 Å². The molecule has 648 valence electrons. The summed E-state index contributed by atoms with van der Waals surface area (Å²) >= 11 is 1.84. The molecule has 47 nitrogen and oxygen atoms in total. The Labute approximate surface area is 673 Å². The normalized spacial score (nSPS) is 26.4. The number of ether oxygens (including phenoxy) is 7. The molecule has 26 unspecified atom stereocenters. The second kappa shape index (κ2) is 44.1. The van der Waals surface area contributed by atoms with E-state index in [2.05, 4.69) is 79.6 Å². The Kier molecular flexibility index (Phi) is 36.1. The lowest BCUT2D eigenvalue weighted by Gasteiger charge is -2.47. The van der Waals surface area contributed by atoms with Gasteiger partial charge in [0.2, 0.25) is 35.4 Å². The predicted molar refractivity (Wildman–Crippen MR) is 405 cm³/mol. The number of nitrogens with one attached hydrogen (secondary N) is 8. The number of nitrogens with two attached hydrogens (primary N) is 7. The lowest BCUT2D eigenvalue weighted by molar-refractivity contribution is -0.372.